The number of anilines is 1. The number of H-pyrrole nitrogens is 1. The lowest BCUT2D eigenvalue weighted by atomic mass is 10.1. The number of fused-ring (bicyclic) bond motifs is 1. The summed E-state index contributed by atoms with van der Waals surface area (Å²) >= 11 is 0. The van der Waals surface area contributed by atoms with E-state index in [-0.39, 0.29) is 5.91 Å². The molecule has 0 saturated carbocycles. The zero-order chi connectivity index (χ0) is 15.9. The maximum Gasteiger partial charge on any atom is 0.256 e. The number of aromatic amines is 1. The molecule has 2 N–H and O–H groups in total. The molecule has 2 aromatic rings. The van der Waals surface area contributed by atoms with Crippen LogP contribution in [0.2, 0.25) is 0 Å². The molecule has 1 aliphatic heterocycles. The topological polar surface area (TPSA) is 71.2 Å². The Labute approximate surface area is 128 Å². The fraction of sp³-hybridized carbons (Fsp3) is 0.188. The average molecular weight is 316 g/mol. The molecule has 0 fully saturated rings. The summed E-state index contributed by atoms with van der Waals surface area (Å²) in [6.07, 6.45) is 1.76. The van der Waals surface area contributed by atoms with E-state index in [0.717, 1.165) is 16.9 Å². The van der Waals surface area contributed by atoms with E-state index in [1.54, 1.807) is 38.6 Å². The van der Waals surface area contributed by atoms with Crippen LogP contribution in [0, 0.1) is 0 Å². The fourth-order valence-electron chi connectivity index (χ4n) is 2.39. The lowest BCUT2D eigenvalue weighted by molar-refractivity contribution is -0.110. The van der Waals surface area contributed by atoms with Gasteiger partial charge in [-0.2, -0.15) is 0 Å². The molecule has 2 heterocycles. The van der Waals surface area contributed by atoms with Crippen molar-refractivity contribution >= 4 is 35.8 Å². The largest absolute Gasteiger partial charge is 0.497 e. The first-order valence-corrected chi connectivity index (χ1v) is 9.44. The van der Waals surface area contributed by atoms with E-state index in [1.165, 1.54) is 0 Å². The smallest absolute Gasteiger partial charge is 0.256 e. The first kappa shape index (κ1) is 14.7. The van der Waals surface area contributed by atoms with E-state index >= 15 is 0 Å². The summed E-state index contributed by atoms with van der Waals surface area (Å²) in [7, 11) is -0.751. The summed E-state index contributed by atoms with van der Waals surface area (Å²) in [5.74, 6) is 0.538. The van der Waals surface area contributed by atoms with Crippen LogP contribution in [0.15, 0.2) is 30.3 Å². The number of nitrogens with one attached hydrogen (secondary N) is 2. The van der Waals surface area contributed by atoms with Gasteiger partial charge in [0.05, 0.1) is 18.1 Å². The Morgan fingerprint density at radius 2 is 1.95 bits per heavy atom. The van der Waals surface area contributed by atoms with Crippen LogP contribution in [0.5, 0.6) is 5.75 Å². The molecule has 6 heteroatoms. The lowest BCUT2D eigenvalue weighted by Crippen LogP contribution is -2.04. The van der Waals surface area contributed by atoms with Crippen LogP contribution in [0.3, 0.4) is 0 Å². The highest BCUT2D eigenvalue weighted by Gasteiger charge is 2.25. The van der Waals surface area contributed by atoms with Gasteiger partial charge in [0, 0.05) is 16.9 Å². The van der Waals surface area contributed by atoms with E-state index in [4.69, 9.17) is 4.74 Å². The number of benzene rings is 1. The summed E-state index contributed by atoms with van der Waals surface area (Å²) < 4.78 is 17.3. The van der Waals surface area contributed by atoms with Gasteiger partial charge in [0.1, 0.15) is 12.9 Å². The minimum absolute atomic E-state index is 0.157. The molecule has 0 atom stereocenters. The molecule has 3 rings (SSSR count). The highest BCUT2D eigenvalue weighted by Crippen LogP contribution is 2.36. The van der Waals surface area contributed by atoms with Crippen LogP contribution >= 0.6 is 7.14 Å². The van der Waals surface area contributed by atoms with Crippen molar-refractivity contribution in [3.8, 4) is 5.75 Å². The van der Waals surface area contributed by atoms with Crippen molar-refractivity contribution in [2.45, 2.75) is 0 Å². The molecule has 1 aromatic carbocycles. The fourth-order valence-corrected chi connectivity index (χ4v) is 3.22. The van der Waals surface area contributed by atoms with Gasteiger partial charge in [-0.05, 0) is 49.7 Å². The van der Waals surface area contributed by atoms with Crippen molar-refractivity contribution < 1.29 is 14.1 Å². The molecular formula is C16H17N2O3P. The summed E-state index contributed by atoms with van der Waals surface area (Å²) in [5.41, 5.74) is 3.57. The Bertz CT molecular complexity index is 830. The molecule has 114 valence electrons. The van der Waals surface area contributed by atoms with Crippen LogP contribution in [-0.4, -0.2) is 31.3 Å². The number of hydrogen-bond acceptors (Lipinski definition) is 3. The number of ether oxygens (including phenoxy) is 1. The highest BCUT2D eigenvalue weighted by atomic mass is 31.2. The number of methoxy groups -OCH3 is 1. The second kappa shape index (κ2) is 5.18. The molecule has 1 amide bonds. The van der Waals surface area contributed by atoms with Crippen LogP contribution in [0.1, 0.15) is 11.3 Å². The van der Waals surface area contributed by atoms with Crippen molar-refractivity contribution in [1.82, 2.24) is 4.98 Å². The molecule has 0 saturated heterocycles. The molecule has 0 bridgehead atoms. The number of rotatable bonds is 3. The Morgan fingerprint density at radius 3 is 2.59 bits per heavy atom. The second-order valence-corrected chi connectivity index (χ2v) is 8.76. The predicted octanol–water partition coefficient (Wildman–Crippen LogP) is 2.76. The van der Waals surface area contributed by atoms with Crippen LogP contribution < -0.4 is 15.5 Å². The molecule has 1 aliphatic rings. The van der Waals surface area contributed by atoms with Gasteiger partial charge in [0.2, 0.25) is 0 Å². The SMILES string of the molecule is COc1ccc2c(c1)/C(=C/c1ccc(P(C)(C)=O)[nH]1)C(=O)N2. The molecule has 22 heavy (non-hydrogen) atoms. The monoisotopic (exact) mass is 316 g/mol. The zero-order valence-electron chi connectivity index (χ0n) is 12.6. The Hall–Kier alpha value is -2.26. The van der Waals surface area contributed by atoms with Crippen molar-refractivity contribution in [3.05, 3.63) is 41.6 Å². The third kappa shape index (κ3) is 2.60. The molecule has 0 radical (unpaired) electrons. The van der Waals surface area contributed by atoms with E-state index in [0.29, 0.717) is 16.8 Å². The standard InChI is InChI=1S/C16H17N2O3P/c1-21-11-5-6-14-12(9-11)13(16(19)18-14)8-10-4-7-15(17-10)22(2,3)20/h4-9,17H,1-3H3,(H,18,19)/b13-8-. The van der Waals surface area contributed by atoms with E-state index in [2.05, 4.69) is 10.3 Å². The third-order valence-corrected chi connectivity index (χ3v) is 5.00. The summed E-state index contributed by atoms with van der Waals surface area (Å²) in [4.78, 5) is 15.3. The Balaban J connectivity index is 2.04. The van der Waals surface area contributed by atoms with Gasteiger partial charge in [-0.3, -0.25) is 4.79 Å². The number of amides is 1. The first-order chi connectivity index (χ1) is 10.4. The van der Waals surface area contributed by atoms with Crippen LogP contribution in [0.25, 0.3) is 11.6 Å². The van der Waals surface area contributed by atoms with Gasteiger partial charge >= 0.3 is 0 Å². The molecule has 0 unspecified atom stereocenters. The third-order valence-electron chi connectivity index (χ3n) is 3.58. The van der Waals surface area contributed by atoms with Gasteiger partial charge < -0.3 is 19.6 Å². The van der Waals surface area contributed by atoms with Gasteiger partial charge in [-0.1, -0.05) is 0 Å². The van der Waals surface area contributed by atoms with E-state index < -0.39 is 7.14 Å². The summed E-state index contributed by atoms with van der Waals surface area (Å²) in [5, 5.41) is 2.82. The van der Waals surface area contributed by atoms with E-state index in [1.807, 2.05) is 18.2 Å². The Morgan fingerprint density at radius 1 is 1.18 bits per heavy atom. The molecular weight excluding hydrogens is 299 g/mol. The minimum Gasteiger partial charge on any atom is -0.497 e. The number of carbonyl (C=O) groups excluding carboxylic acids is 1. The zero-order valence-corrected chi connectivity index (χ0v) is 13.5. The predicted molar refractivity (Wildman–Crippen MR) is 89.4 cm³/mol. The average Bonchev–Trinajstić information content (AvgIpc) is 3.04. The normalized spacial score (nSPS) is 15.8. The first-order valence-electron chi connectivity index (χ1n) is 6.84. The molecule has 5 nitrogen and oxygen atoms in total. The number of carbonyl (C=O) groups is 1. The van der Waals surface area contributed by atoms with Gasteiger partial charge in [0.15, 0.2) is 0 Å². The highest BCUT2D eigenvalue weighted by molar-refractivity contribution is 7.69. The second-order valence-electron chi connectivity index (χ2n) is 5.57. The van der Waals surface area contributed by atoms with Crippen LogP contribution in [0.4, 0.5) is 5.69 Å². The van der Waals surface area contributed by atoms with Crippen molar-refractivity contribution in [1.29, 1.82) is 0 Å². The number of aromatic nitrogens is 1. The van der Waals surface area contributed by atoms with Crippen molar-refractivity contribution in [3.63, 3.8) is 0 Å². The molecule has 1 aromatic heterocycles. The molecule has 0 spiro atoms. The van der Waals surface area contributed by atoms with Gasteiger partial charge in [-0.25, -0.2) is 0 Å². The quantitative estimate of drug-likeness (QED) is 0.675. The van der Waals surface area contributed by atoms with Gasteiger partial charge in [0.25, 0.3) is 5.91 Å². The number of hydrogen-bond donors (Lipinski definition) is 2. The van der Waals surface area contributed by atoms with E-state index in [9.17, 15) is 9.36 Å². The van der Waals surface area contributed by atoms with Crippen LogP contribution in [-0.2, 0) is 9.36 Å². The Kier molecular flexibility index (Phi) is 3.45. The maximum atomic E-state index is 12.2. The lowest BCUT2D eigenvalue weighted by Gasteiger charge is -2.03. The summed E-state index contributed by atoms with van der Waals surface area (Å²) in [6, 6.07) is 9.08. The minimum atomic E-state index is -2.34. The van der Waals surface area contributed by atoms with Gasteiger partial charge in [-0.15, -0.1) is 0 Å². The van der Waals surface area contributed by atoms with Crippen molar-refractivity contribution in [2.24, 2.45) is 0 Å². The van der Waals surface area contributed by atoms with Crippen molar-refractivity contribution in [2.75, 3.05) is 25.8 Å². The summed E-state index contributed by atoms with van der Waals surface area (Å²) in [6.45, 7) is 3.41. The maximum absolute atomic E-state index is 12.2. The molecule has 0 aliphatic carbocycles.